The maximum absolute atomic E-state index is 12.0. The SMILES string of the molecule is CC1(C)[C@@H]2CC[C@@]1(C)C1(CNC(=O)O1)[C@H]2[Se]CC1Cc2ccccc2O1. The standard InChI is InChI=1S/C21H27NO3Se/c1-19(2)15-8-9-20(19,3)21(12-22-18(23)25-21)17(15)26-11-14-10-13-6-4-5-7-16(13)24-14/h4-7,14-15,17H,8-12H2,1-3H3,(H,22,23)/t14?,15-,17+,20-,21?/m1/s1. The fourth-order valence-corrected chi connectivity index (χ4v) is 10.3. The van der Waals surface area contributed by atoms with Crippen molar-refractivity contribution in [1.29, 1.82) is 0 Å². The van der Waals surface area contributed by atoms with Gasteiger partial charge in [-0.2, -0.15) is 0 Å². The van der Waals surface area contributed by atoms with Crippen LogP contribution in [0.2, 0.25) is 10.1 Å². The Bertz CT molecular complexity index is 740. The van der Waals surface area contributed by atoms with Crippen molar-refractivity contribution >= 4 is 21.1 Å². The number of hydrogen-bond acceptors (Lipinski definition) is 3. The number of para-hydroxylation sites is 1. The van der Waals surface area contributed by atoms with Gasteiger partial charge < -0.3 is 0 Å². The van der Waals surface area contributed by atoms with Crippen molar-refractivity contribution < 1.29 is 14.3 Å². The molecule has 26 heavy (non-hydrogen) atoms. The first-order chi connectivity index (χ1) is 12.4. The molecule has 5 atom stereocenters. The maximum atomic E-state index is 12.0. The zero-order valence-electron chi connectivity index (χ0n) is 15.7. The Kier molecular flexibility index (Phi) is 3.53. The van der Waals surface area contributed by atoms with Gasteiger partial charge in [0.05, 0.1) is 0 Å². The zero-order valence-corrected chi connectivity index (χ0v) is 17.4. The van der Waals surface area contributed by atoms with Crippen molar-refractivity contribution in [3.8, 4) is 5.75 Å². The summed E-state index contributed by atoms with van der Waals surface area (Å²) in [6.45, 7) is 7.85. The average molecular weight is 420 g/mol. The molecular weight excluding hydrogens is 393 g/mol. The molecule has 4 aliphatic rings. The molecule has 140 valence electrons. The van der Waals surface area contributed by atoms with Crippen LogP contribution < -0.4 is 10.1 Å². The van der Waals surface area contributed by atoms with Gasteiger partial charge in [-0.15, -0.1) is 0 Å². The van der Waals surface area contributed by atoms with Crippen LogP contribution in [0.5, 0.6) is 5.75 Å². The van der Waals surface area contributed by atoms with Crippen LogP contribution in [0.3, 0.4) is 0 Å². The van der Waals surface area contributed by atoms with Gasteiger partial charge in [-0.3, -0.25) is 0 Å². The van der Waals surface area contributed by atoms with E-state index in [1.807, 2.05) is 6.07 Å². The van der Waals surface area contributed by atoms with Gasteiger partial charge in [-0.25, -0.2) is 0 Å². The Hall–Kier alpha value is -1.19. The van der Waals surface area contributed by atoms with E-state index in [9.17, 15) is 4.79 Å². The predicted molar refractivity (Wildman–Crippen MR) is 101 cm³/mol. The van der Waals surface area contributed by atoms with Crippen LogP contribution in [0.25, 0.3) is 0 Å². The molecule has 0 aromatic heterocycles. The van der Waals surface area contributed by atoms with Crippen LogP contribution in [0.4, 0.5) is 4.79 Å². The van der Waals surface area contributed by atoms with Gasteiger partial charge >= 0.3 is 161 Å². The summed E-state index contributed by atoms with van der Waals surface area (Å²) < 4.78 is 12.3. The Morgan fingerprint density at radius 3 is 2.81 bits per heavy atom. The van der Waals surface area contributed by atoms with E-state index in [1.165, 1.54) is 12.0 Å². The van der Waals surface area contributed by atoms with E-state index in [-0.39, 0.29) is 28.6 Å². The van der Waals surface area contributed by atoms with Crippen LogP contribution in [0.1, 0.15) is 39.2 Å². The summed E-state index contributed by atoms with van der Waals surface area (Å²) in [5, 5.41) is 4.08. The number of nitrogens with one attached hydrogen (secondary N) is 1. The molecule has 1 aromatic rings. The molecule has 2 bridgehead atoms. The molecule has 1 amide bonds. The Labute approximate surface area is 161 Å². The molecule has 5 rings (SSSR count). The quantitative estimate of drug-likeness (QED) is 0.756. The number of fused-ring (bicyclic) bond motifs is 4. The van der Waals surface area contributed by atoms with E-state index in [2.05, 4.69) is 44.3 Å². The van der Waals surface area contributed by atoms with Crippen molar-refractivity contribution in [3.63, 3.8) is 0 Å². The normalized spacial score (nSPS) is 41.8. The summed E-state index contributed by atoms with van der Waals surface area (Å²) in [6.07, 6.45) is 3.50. The first kappa shape index (κ1) is 16.9. The van der Waals surface area contributed by atoms with Crippen molar-refractivity contribution in [2.45, 2.75) is 61.9 Å². The van der Waals surface area contributed by atoms with E-state index < -0.39 is 0 Å². The molecule has 2 saturated carbocycles. The fraction of sp³-hybridized carbons (Fsp3) is 0.667. The number of carbonyl (C=O) groups is 1. The van der Waals surface area contributed by atoms with Crippen molar-refractivity contribution in [2.24, 2.45) is 16.7 Å². The van der Waals surface area contributed by atoms with Crippen molar-refractivity contribution in [3.05, 3.63) is 29.8 Å². The van der Waals surface area contributed by atoms with Crippen LogP contribution >= 0.6 is 0 Å². The van der Waals surface area contributed by atoms with Crippen LogP contribution in [0, 0.1) is 16.7 Å². The molecule has 1 spiro atoms. The third kappa shape index (κ3) is 1.99. The monoisotopic (exact) mass is 421 g/mol. The molecule has 5 heteroatoms. The van der Waals surface area contributed by atoms with E-state index in [4.69, 9.17) is 9.47 Å². The number of amides is 1. The molecule has 1 N–H and O–H groups in total. The fourth-order valence-electron chi connectivity index (χ4n) is 6.18. The number of benzene rings is 1. The second-order valence-corrected chi connectivity index (χ2v) is 11.6. The van der Waals surface area contributed by atoms with Gasteiger partial charge in [0.1, 0.15) is 0 Å². The number of carbonyl (C=O) groups excluding carboxylic acids is 1. The van der Waals surface area contributed by atoms with Crippen LogP contribution in [-0.2, 0) is 11.2 Å². The van der Waals surface area contributed by atoms with Gasteiger partial charge in [-0.1, -0.05) is 0 Å². The van der Waals surface area contributed by atoms with E-state index in [1.54, 1.807) is 0 Å². The summed E-state index contributed by atoms with van der Waals surface area (Å²) in [5.41, 5.74) is 1.29. The second-order valence-electron chi connectivity index (χ2n) is 9.14. The number of hydrogen-bond donors (Lipinski definition) is 1. The molecule has 2 heterocycles. The topological polar surface area (TPSA) is 47.6 Å². The molecular formula is C21H27NO3Se. The van der Waals surface area contributed by atoms with Gasteiger partial charge in [0.2, 0.25) is 0 Å². The first-order valence-electron chi connectivity index (χ1n) is 9.70. The third-order valence-corrected chi connectivity index (χ3v) is 11.4. The Morgan fingerprint density at radius 1 is 1.27 bits per heavy atom. The molecule has 2 aliphatic carbocycles. The van der Waals surface area contributed by atoms with E-state index in [0.717, 1.165) is 23.9 Å². The summed E-state index contributed by atoms with van der Waals surface area (Å²) in [4.78, 5) is 12.5. The van der Waals surface area contributed by atoms with Crippen LogP contribution in [0.15, 0.2) is 24.3 Å². The number of rotatable bonds is 3. The first-order valence-corrected chi connectivity index (χ1v) is 11.9. The molecule has 0 radical (unpaired) electrons. The molecule has 2 unspecified atom stereocenters. The van der Waals surface area contributed by atoms with Gasteiger partial charge in [0.25, 0.3) is 0 Å². The van der Waals surface area contributed by atoms with Gasteiger partial charge in [0.15, 0.2) is 0 Å². The zero-order chi connectivity index (χ0) is 18.2. The molecule has 1 saturated heterocycles. The molecule has 3 fully saturated rings. The second kappa shape index (κ2) is 5.42. The summed E-state index contributed by atoms with van der Waals surface area (Å²) in [6, 6.07) is 8.39. The minimum absolute atomic E-state index is 0.0652. The van der Waals surface area contributed by atoms with Crippen molar-refractivity contribution in [2.75, 3.05) is 6.54 Å². The molecule has 4 nitrogen and oxygen atoms in total. The average Bonchev–Trinajstić information content (AvgIpc) is 3.28. The number of ether oxygens (including phenoxy) is 2. The third-order valence-electron chi connectivity index (χ3n) is 8.01. The van der Waals surface area contributed by atoms with Gasteiger partial charge in [-0.05, 0) is 0 Å². The van der Waals surface area contributed by atoms with E-state index in [0.29, 0.717) is 32.2 Å². The predicted octanol–water partition coefficient (Wildman–Crippen LogP) is 3.84. The van der Waals surface area contributed by atoms with Crippen LogP contribution in [-0.4, -0.2) is 39.3 Å². The summed E-state index contributed by atoms with van der Waals surface area (Å²) >= 11 is 0.388. The van der Waals surface area contributed by atoms with E-state index >= 15 is 0 Å². The molecule has 1 aromatic carbocycles. The molecule has 2 aliphatic heterocycles. The van der Waals surface area contributed by atoms with Crippen molar-refractivity contribution in [1.82, 2.24) is 5.32 Å². The summed E-state index contributed by atoms with van der Waals surface area (Å²) in [7, 11) is 0. The number of alkyl carbamates (subject to hydrolysis) is 1. The minimum atomic E-state index is -0.318. The summed E-state index contributed by atoms with van der Waals surface area (Å²) in [5.74, 6) is 1.70. The van der Waals surface area contributed by atoms with Gasteiger partial charge in [0, 0.05) is 0 Å². The Morgan fingerprint density at radius 2 is 2.08 bits per heavy atom. The Balaban J connectivity index is 1.38.